The largest absolute Gasteiger partial charge is 0.355 e. The van der Waals surface area contributed by atoms with Crippen molar-refractivity contribution in [3.8, 4) is 0 Å². The number of nitrogens with one attached hydrogen (secondary N) is 1. The van der Waals surface area contributed by atoms with Gasteiger partial charge in [-0.05, 0) is 17.5 Å². The van der Waals surface area contributed by atoms with Crippen LogP contribution in [-0.2, 0) is 23.0 Å². The first-order chi connectivity index (χ1) is 12.1. The molecule has 1 saturated heterocycles. The molecule has 0 atom stereocenters. The molecule has 2 heterocycles. The molecule has 138 valence electrons. The van der Waals surface area contributed by atoms with Crippen LogP contribution in [0, 0.1) is 0 Å². The Hall–Kier alpha value is -1.25. The minimum Gasteiger partial charge on any atom is -0.355 e. The van der Waals surface area contributed by atoms with E-state index in [9.17, 15) is 8.42 Å². The van der Waals surface area contributed by atoms with E-state index in [1.165, 1.54) is 11.1 Å². The maximum atomic E-state index is 12.4. The normalized spacial score (nSPS) is 19.6. The lowest BCUT2D eigenvalue weighted by atomic mass is 10.0. The predicted octanol–water partition coefficient (Wildman–Crippen LogP) is 0.999. The first-order valence-electron chi connectivity index (χ1n) is 8.68. The first-order valence-corrected chi connectivity index (χ1v) is 11.4. The van der Waals surface area contributed by atoms with E-state index in [2.05, 4.69) is 39.5 Å². The van der Waals surface area contributed by atoms with Gasteiger partial charge in [0.1, 0.15) is 0 Å². The average Bonchev–Trinajstić information content (AvgIpc) is 2.65. The fourth-order valence-corrected chi connectivity index (χ4v) is 5.75. The summed E-state index contributed by atoms with van der Waals surface area (Å²) < 4.78 is 26.5. The molecule has 1 aromatic carbocycles. The Balaban J connectivity index is 1.53. The summed E-state index contributed by atoms with van der Waals surface area (Å²) in [5.41, 5.74) is 2.70. The number of thioether (sulfide) groups is 1. The van der Waals surface area contributed by atoms with Gasteiger partial charge in [0.2, 0.25) is 10.0 Å². The molecule has 6 nitrogen and oxygen atoms in total. The molecule has 25 heavy (non-hydrogen) atoms. The van der Waals surface area contributed by atoms with Crippen molar-refractivity contribution in [3.63, 3.8) is 0 Å². The van der Waals surface area contributed by atoms with Gasteiger partial charge in [-0.25, -0.2) is 12.7 Å². The highest BCUT2D eigenvalue weighted by Gasteiger charge is 2.24. The van der Waals surface area contributed by atoms with Crippen LogP contribution in [0.25, 0.3) is 0 Å². The molecule has 0 spiro atoms. The SMILES string of the molecule is CN=C(NCCS(=O)(=O)N1CCSCC1)N1CCc2ccccc2C1. The molecule has 0 saturated carbocycles. The summed E-state index contributed by atoms with van der Waals surface area (Å²) in [5.74, 6) is 2.67. The van der Waals surface area contributed by atoms with Gasteiger partial charge in [0.05, 0.1) is 5.75 Å². The molecule has 2 aliphatic heterocycles. The molecule has 1 aromatic rings. The topological polar surface area (TPSA) is 65.0 Å². The number of aliphatic imine (C=N–C) groups is 1. The standard InChI is InChI=1S/C17H26N4O2S2/c1-18-17(20-8-6-15-4-2-3-5-16(15)14-20)19-7-13-25(22,23)21-9-11-24-12-10-21/h2-5H,6-14H2,1H3,(H,18,19). The number of nitrogens with zero attached hydrogens (tertiary/aromatic N) is 3. The van der Waals surface area contributed by atoms with Crippen molar-refractivity contribution >= 4 is 27.7 Å². The van der Waals surface area contributed by atoms with E-state index in [-0.39, 0.29) is 5.75 Å². The second-order valence-electron chi connectivity index (χ2n) is 6.24. The van der Waals surface area contributed by atoms with Gasteiger partial charge in [-0.3, -0.25) is 4.99 Å². The zero-order valence-electron chi connectivity index (χ0n) is 14.6. The van der Waals surface area contributed by atoms with Crippen molar-refractivity contribution in [1.29, 1.82) is 0 Å². The smallest absolute Gasteiger partial charge is 0.215 e. The van der Waals surface area contributed by atoms with Crippen LogP contribution in [0.15, 0.2) is 29.3 Å². The van der Waals surface area contributed by atoms with Crippen molar-refractivity contribution < 1.29 is 8.42 Å². The molecule has 2 aliphatic rings. The van der Waals surface area contributed by atoms with Gasteiger partial charge in [0, 0.05) is 51.3 Å². The summed E-state index contributed by atoms with van der Waals surface area (Å²) in [6, 6.07) is 8.45. The van der Waals surface area contributed by atoms with Gasteiger partial charge in [0.25, 0.3) is 0 Å². The number of hydrogen-bond donors (Lipinski definition) is 1. The van der Waals surface area contributed by atoms with Gasteiger partial charge in [-0.15, -0.1) is 0 Å². The lowest BCUT2D eigenvalue weighted by Crippen LogP contribution is -2.47. The van der Waals surface area contributed by atoms with Gasteiger partial charge in [-0.1, -0.05) is 24.3 Å². The van der Waals surface area contributed by atoms with Crippen LogP contribution in [0.2, 0.25) is 0 Å². The summed E-state index contributed by atoms with van der Waals surface area (Å²) in [4.78, 5) is 6.52. The van der Waals surface area contributed by atoms with E-state index < -0.39 is 10.0 Å². The van der Waals surface area contributed by atoms with Crippen LogP contribution in [0.5, 0.6) is 0 Å². The van der Waals surface area contributed by atoms with E-state index in [0.29, 0.717) is 19.6 Å². The molecule has 1 N–H and O–H groups in total. The summed E-state index contributed by atoms with van der Waals surface area (Å²) in [5, 5.41) is 3.23. The molecule has 0 aromatic heterocycles. The Bertz CT molecular complexity index is 715. The molecule has 1 fully saturated rings. The number of sulfonamides is 1. The van der Waals surface area contributed by atoms with Crippen LogP contribution in [0.4, 0.5) is 0 Å². The third-order valence-electron chi connectivity index (χ3n) is 4.65. The Labute approximate surface area is 154 Å². The second-order valence-corrected chi connectivity index (χ2v) is 9.55. The lowest BCUT2D eigenvalue weighted by Gasteiger charge is -2.32. The number of guanidine groups is 1. The van der Waals surface area contributed by atoms with Gasteiger partial charge < -0.3 is 10.2 Å². The molecule has 0 amide bonds. The van der Waals surface area contributed by atoms with Crippen LogP contribution in [0.3, 0.4) is 0 Å². The van der Waals surface area contributed by atoms with Gasteiger partial charge in [0.15, 0.2) is 5.96 Å². The molecule has 0 unspecified atom stereocenters. The quantitative estimate of drug-likeness (QED) is 0.622. The van der Waals surface area contributed by atoms with Crippen molar-refractivity contribution in [2.75, 3.05) is 50.5 Å². The van der Waals surface area contributed by atoms with Crippen molar-refractivity contribution in [2.45, 2.75) is 13.0 Å². The molecule has 0 radical (unpaired) electrons. The highest BCUT2D eigenvalue weighted by molar-refractivity contribution is 7.99. The van der Waals surface area contributed by atoms with Crippen molar-refractivity contribution in [2.24, 2.45) is 4.99 Å². The van der Waals surface area contributed by atoms with E-state index in [0.717, 1.165) is 37.0 Å². The van der Waals surface area contributed by atoms with Crippen molar-refractivity contribution in [3.05, 3.63) is 35.4 Å². The molecular weight excluding hydrogens is 356 g/mol. The summed E-state index contributed by atoms with van der Waals surface area (Å²) in [7, 11) is -1.43. The summed E-state index contributed by atoms with van der Waals surface area (Å²) >= 11 is 1.81. The Morgan fingerprint density at radius 2 is 1.92 bits per heavy atom. The van der Waals surface area contributed by atoms with Crippen molar-refractivity contribution in [1.82, 2.24) is 14.5 Å². The highest BCUT2D eigenvalue weighted by Crippen LogP contribution is 2.18. The maximum Gasteiger partial charge on any atom is 0.215 e. The number of hydrogen-bond acceptors (Lipinski definition) is 4. The third-order valence-corrected chi connectivity index (χ3v) is 7.46. The van der Waals surface area contributed by atoms with E-state index in [1.54, 1.807) is 11.4 Å². The monoisotopic (exact) mass is 382 g/mol. The summed E-state index contributed by atoms with van der Waals surface area (Å²) in [6.07, 6.45) is 0.987. The lowest BCUT2D eigenvalue weighted by molar-refractivity contribution is 0.379. The van der Waals surface area contributed by atoms with Crippen LogP contribution >= 0.6 is 11.8 Å². The zero-order valence-corrected chi connectivity index (χ0v) is 16.3. The Morgan fingerprint density at radius 3 is 2.64 bits per heavy atom. The zero-order chi connectivity index (χ0) is 17.7. The second kappa shape index (κ2) is 8.42. The summed E-state index contributed by atoms with van der Waals surface area (Å²) in [6.45, 7) is 3.35. The molecule has 0 bridgehead atoms. The average molecular weight is 383 g/mol. The third kappa shape index (κ3) is 4.68. The molecular formula is C17H26N4O2S2. The fourth-order valence-electron chi connectivity index (χ4n) is 3.25. The molecule has 8 heteroatoms. The number of rotatable bonds is 4. The van der Waals surface area contributed by atoms with Gasteiger partial charge >= 0.3 is 0 Å². The molecule has 0 aliphatic carbocycles. The number of fused-ring (bicyclic) bond motifs is 1. The maximum absolute atomic E-state index is 12.4. The van der Waals surface area contributed by atoms with E-state index in [1.807, 2.05) is 11.8 Å². The first kappa shape index (κ1) is 18.5. The molecule has 3 rings (SSSR count). The minimum absolute atomic E-state index is 0.112. The fraction of sp³-hybridized carbons (Fsp3) is 0.588. The van der Waals surface area contributed by atoms with Crippen LogP contribution in [-0.4, -0.2) is 74.1 Å². The Morgan fingerprint density at radius 1 is 1.20 bits per heavy atom. The Kier molecular flexibility index (Phi) is 6.24. The van der Waals surface area contributed by atoms with E-state index >= 15 is 0 Å². The van der Waals surface area contributed by atoms with Gasteiger partial charge in [-0.2, -0.15) is 11.8 Å². The van der Waals surface area contributed by atoms with Crippen LogP contribution < -0.4 is 5.32 Å². The predicted molar refractivity (Wildman–Crippen MR) is 105 cm³/mol. The minimum atomic E-state index is -3.18. The highest BCUT2D eigenvalue weighted by atomic mass is 32.2. The van der Waals surface area contributed by atoms with Crippen LogP contribution in [0.1, 0.15) is 11.1 Å². The van der Waals surface area contributed by atoms with E-state index in [4.69, 9.17) is 0 Å². The number of benzene rings is 1.